The Balaban J connectivity index is 1.87. The van der Waals surface area contributed by atoms with Crippen molar-refractivity contribution in [2.24, 2.45) is 0 Å². The number of nitrogens with one attached hydrogen (secondary N) is 1. The highest BCUT2D eigenvalue weighted by atomic mass is 32.2. The summed E-state index contributed by atoms with van der Waals surface area (Å²) in [5.41, 5.74) is 0.485. The highest BCUT2D eigenvalue weighted by Gasteiger charge is 2.19. The van der Waals surface area contributed by atoms with E-state index in [9.17, 15) is 23.3 Å². The van der Waals surface area contributed by atoms with Gasteiger partial charge < -0.3 is 4.74 Å². The molecule has 1 aromatic heterocycles. The molecular formula is C17H16N4O6S2. The van der Waals surface area contributed by atoms with Gasteiger partial charge in [0, 0.05) is 25.7 Å². The van der Waals surface area contributed by atoms with Crippen LogP contribution in [-0.4, -0.2) is 49.7 Å². The third-order valence-corrected chi connectivity index (χ3v) is 6.74. The highest BCUT2D eigenvalue weighted by molar-refractivity contribution is 7.89. The van der Waals surface area contributed by atoms with Crippen LogP contribution in [0.15, 0.2) is 41.3 Å². The van der Waals surface area contributed by atoms with Crippen molar-refractivity contribution in [3.63, 3.8) is 0 Å². The Morgan fingerprint density at radius 1 is 1.24 bits per heavy atom. The zero-order chi connectivity index (χ0) is 21.3. The topological polar surface area (TPSA) is 132 Å². The third kappa shape index (κ3) is 4.04. The van der Waals surface area contributed by atoms with Gasteiger partial charge in [0.05, 0.1) is 27.7 Å². The van der Waals surface area contributed by atoms with Gasteiger partial charge in [-0.15, -0.1) is 0 Å². The van der Waals surface area contributed by atoms with Gasteiger partial charge in [0.1, 0.15) is 5.52 Å². The smallest absolute Gasteiger partial charge is 0.274 e. The van der Waals surface area contributed by atoms with Gasteiger partial charge in [-0.3, -0.25) is 20.2 Å². The molecule has 0 aliphatic carbocycles. The van der Waals surface area contributed by atoms with Crippen molar-refractivity contribution in [2.75, 3.05) is 26.5 Å². The van der Waals surface area contributed by atoms with Gasteiger partial charge in [0.25, 0.3) is 11.6 Å². The fourth-order valence-electron chi connectivity index (χ4n) is 2.46. The molecule has 0 fully saturated rings. The minimum Gasteiger partial charge on any atom is -0.494 e. The SMILES string of the molecule is COc1cc([N+](=O)[O-])cc2sc(NC(=O)c3ccc(S(=O)(=O)N(C)C)cc3)nc12. The third-order valence-electron chi connectivity index (χ3n) is 3.99. The number of amides is 1. The molecule has 3 rings (SSSR count). The van der Waals surface area contributed by atoms with Crippen LogP contribution in [0.3, 0.4) is 0 Å². The van der Waals surface area contributed by atoms with E-state index in [0.29, 0.717) is 10.2 Å². The fourth-order valence-corrected chi connectivity index (χ4v) is 4.27. The second kappa shape index (κ2) is 7.73. The van der Waals surface area contributed by atoms with Gasteiger partial charge >= 0.3 is 0 Å². The van der Waals surface area contributed by atoms with Crippen LogP contribution in [0.4, 0.5) is 10.8 Å². The molecule has 0 spiro atoms. The monoisotopic (exact) mass is 436 g/mol. The number of anilines is 1. The van der Waals surface area contributed by atoms with Crippen molar-refractivity contribution in [2.45, 2.75) is 4.90 Å². The van der Waals surface area contributed by atoms with E-state index in [1.54, 1.807) is 0 Å². The van der Waals surface area contributed by atoms with Crippen LogP contribution in [0.1, 0.15) is 10.4 Å². The molecule has 12 heteroatoms. The van der Waals surface area contributed by atoms with Crippen LogP contribution in [0.25, 0.3) is 10.2 Å². The van der Waals surface area contributed by atoms with Gasteiger partial charge in [-0.2, -0.15) is 0 Å². The van der Waals surface area contributed by atoms with E-state index in [0.717, 1.165) is 15.6 Å². The molecule has 0 aliphatic rings. The first-order valence-corrected chi connectivity index (χ1v) is 10.4. The second-order valence-corrected chi connectivity index (χ2v) is 9.22. The Labute approximate surface area is 169 Å². The number of rotatable bonds is 6. The van der Waals surface area contributed by atoms with Crippen LogP contribution in [-0.2, 0) is 10.0 Å². The Hall–Kier alpha value is -3.09. The maximum atomic E-state index is 12.5. The molecule has 29 heavy (non-hydrogen) atoms. The van der Waals surface area contributed by atoms with E-state index in [-0.39, 0.29) is 27.0 Å². The number of carbonyl (C=O) groups excluding carboxylic acids is 1. The summed E-state index contributed by atoms with van der Waals surface area (Å²) < 4.78 is 30.9. The number of nitrogens with zero attached hydrogens (tertiary/aromatic N) is 3. The molecule has 152 valence electrons. The number of nitro groups is 1. The molecule has 0 atom stereocenters. The number of methoxy groups -OCH3 is 1. The molecule has 1 N–H and O–H groups in total. The van der Waals surface area contributed by atoms with E-state index in [4.69, 9.17) is 4.74 Å². The maximum absolute atomic E-state index is 12.5. The lowest BCUT2D eigenvalue weighted by molar-refractivity contribution is -0.384. The molecule has 0 radical (unpaired) electrons. The first kappa shape index (κ1) is 20.6. The number of hydrogen-bond donors (Lipinski definition) is 1. The highest BCUT2D eigenvalue weighted by Crippen LogP contribution is 2.36. The van der Waals surface area contributed by atoms with E-state index in [2.05, 4.69) is 10.3 Å². The van der Waals surface area contributed by atoms with Gasteiger partial charge in [-0.1, -0.05) is 11.3 Å². The summed E-state index contributed by atoms with van der Waals surface area (Å²) in [7, 11) is 0.619. The van der Waals surface area contributed by atoms with Crippen LogP contribution < -0.4 is 10.1 Å². The van der Waals surface area contributed by atoms with Crippen LogP contribution in [0.2, 0.25) is 0 Å². The molecule has 0 saturated heterocycles. The minimum atomic E-state index is -3.59. The lowest BCUT2D eigenvalue weighted by Gasteiger charge is -2.11. The molecule has 0 unspecified atom stereocenters. The Bertz CT molecular complexity index is 1200. The molecule has 2 aromatic carbocycles. The first-order valence-electron chi connectivity index (χ1n) is 8.10. The number of non-ortho nitro benzene ring substituents is 1. The summed E-state index contributed by atoms with van der Waals surface area (Å²) in [6.45, 7) is 0. The number of fused-ring (bicyclic) bond motifs is 1. The van der Waals surface area contributed by atoms with Gasteiger partial charge in [0.2, 0.25) is 10.0 Å². The summed E-state index contributed by atoms with van der Waals surface area (Å²) >= 11 is 1.06. The Kier molecular flexibility index (Phi) is 5.50. The molecule has 10 nitrogen and oxygen atoms in total. The molecule has 3 aromatic rings. The van der Waals surface area contributed by atoms with E-state index in [1.807, 2.05) is 0 Å². The molecule has 1 amide bonds. The average Bonchev–Trinajstić information content (AvgIpc) is 3.09. The van der Waals surface area contributed by atoms with E-state index < -0.39 is 20.9 Å². The lowest BCUT2D eigenvalue weighted by atomic mass is 10.2. The number of aromatic nitrogens is 1. The van der Waals surface area contributed by atoms with Gasteiger partial charge in [0.15, 0.2) is 10.9 Å². The first-order chi connectivity index (χ1) is 13.6. The molecular weight excluding hydrogens is 420 g/mol. The number of hydrogen-bond acceptors (Lipinski definition) is 8. The minimum absolute atomic E-state index is 0.0658. The van der Waals surface area contributed by atoms with Gasteiger partial charge in [-0.05, 0) is 24.3 Å². The van der Waals surface area contributed by atoms with Gasteiger partial charge in [-0.25, -0.2) is 17.7 Å². The normalized spacial score (nSPS) is 11.6. The molecule has 0 bridgehead atoms. The van der Waals surface area contributed by atoms with Crippen molar-refractivity contribution in [3.8, 4) is 5.75 Å². The predicted octanol–water partition coefficient (Wildman–Crippen LogP) is 2.72. The summed E-state index contributed by atoms with van der Waals surface area (Å²) in [6.07, 6.45) is 0. The summed E-state index contributed by atoms with van der Waals surface area (Å²) in [6, 6.07) is 8.09. The maximum Gasteiger partial charge on any atom is 0.274 e. The molecule has 0 saturated carbocycles. The quantitative estimate of drug-likeness (QED) is 0.464. The lowest BCUT2D eigenvalue weighted by Crippen LogP contribution is -2.22. The number of benzene rings is 2. The predicted molar refractivity (Wildman–Crippen MR) is 108 cm³/mol. The van der Waals surface area contributed by atoms with Crippen molar-refractivity contribution in [1.29, 1.82) is 0 Å². The zero-order valence-corrected chi connectivity index (χ0v) is 17.2. The van der Waals surface area contributed by atoms with E-state index >= 15 is 0 Å². The van der Waals surface area contributed by atoms with Crippen LogP contribution in [0.5, 0.6) is 5.75 Å². The van der Waals surface area contributed by atoms with Crippen molar-refractivity contribution in [3.05, 3.63) is 52.1 Å². The standard InChI is InChI=1S/C17H16N4O6S2/c1-20(2)29(25,26)12-6-4-10(5-7-12)16(22)19-17-18-15-13(27-3)8-11(21(23)24)9-14(15)28-17/h4-9H,1-3H3,(H,18,19,22). The number of nitro benzene ring substituents is 1. The van der Waals surface area contributed by atoms with Crippen LogP contribution >= 0.6 is 11.3 Å². The summed E-state index contributed by atoms with van der Waals surface area (Å²) in [5, 5.41) is 13.9. The average molecular weight is 436 g/mol. The Morgan fingerprint density at radius 3 is 2.45 bits per heavy atom. The van der Waals surface area contributed by atoms with E-state index in [1.165, 1.54) is 57.6 Å². The number of thiazole rings is 1. The Morgan fingerprint density at radius 2 is 1.90 bits per heavy atom. The zero-order valence-electron chi connectivity index (χ0n) is 15.6. The number of carbonyl (C=O) groups is 1. The van der Waals surface area contributed by atoms with Crippen LogP contribution in [0, 0.1) is 10.1 Å². The fraction of sp³-hybridized carbons (Fsp3) is 0.176. The van der Waals surface area contributed by atoms with Crippen molar-refractivity contribution < 1.29 is 22.9 Å². The summed E-state index contributed by atoms with van der Waals surface area (Å²) in [4.78, 5) is 27.3. The molecule has 1 heterocycles. The van der Waals surface area contributed by atoms with Crippen molar-refractivity contribution in [1.82, 2.24) is 9.29 Å². The second-order valence-electron chi connectivity index (χ2n) is 6.04. The largest absolute Gasteiger partial charge is 0.494 e. The number of ether oxygens (including phenoxy) is 1. The number of sulfonamides is 1. The molecule has 0 aliphatic heterocycles. The summed E-state index contributed by atoms with van der Waals surface area (Å²) in [5.74, 6) is -0.268. The van der Waals surface area contributed by atoms with Crippen molar-refractivity contribution >= 4 is 48.3 Å².